The van der Waals surface area contributed by atoms with Gasteiger partial charge in [-0.05, 0) is 53.2 Å². The van der Waals surface area contributed by atoms with Gasteiger partial charge in [0, 0.05) is 16.5 Å². The van der Waals surface area contributed by atoms with E-state index in [1.165, 1.54) is 0 Å². The molecule has 0 aliphatic carbocycles. The molecular weight excluding hydrogens is 367 g/mol. The summed E-state index contributed by atoms with van der Waals surface area (Å²) in [4.78, 5) is 12.2. The predicted molar refractivity (Wildman–Crippen MR) is 99.2 cm³/mol. The van der Waals surface area contributed by atoms with Crippen LogP contribution in [-0.2, 0) is 6.61 Å². The molecule has 1 aliphatic rings. The highest BCUT2D eigenvalue weighted by molar-refractivity contribution is 9.09. The van der Waals surface area contributed by atoms with E-state index in [1.54, 1.807) is 13.0 Å². The van der Waals surface area contributed by atoms with Gasteiger partial charge in [-0.3, -0.25) is 4.79 Å². The number of aliphatic hydroxyl groups excluding tert-OH is 1. The molecule has 2 aromatic rings. The van der Waals surface area contributed by atoms with Crippen LogP contribution in [0.1, 0.15) is 40.1 Å². The molecule has 3 nitrogen and oxygen atoms in total. The Kier molecular flexibility index (Phi) is 4.84. The van der Waals surface area contributed by atoms with Crippen molar-refractivity contribution in [2.45, 2.75) is 32.4 Å². The van der Waals surface area contributed by atoms with Crippen LogP contribution >= 0.6 is 15.9 Å². The summed E-state index contributed by atoms with van der Waals surface area (Å²) in [7, 11) is 5.73. The van der Waals surface area contributed by atoms with Crippen LogP contribution in [0.15, 0.2) is 30.3 Å². The van der Waals surface area contributed by atoms with Crippen LogP contribution < -0.4 is 4.74 Å². The summed E-state index contributed by atoms with van der Waals surface area (Å²) < 4.78 is 5.86. The molecule has 5 heteroatoms. The molecule has 2 aromatic carbocycles. The zero-order chi connectivity index (χ0) is 17.4. The number of aliphatic hydroxyl groups is 1. The SMILES string of the molecule is [B]C(C)C(=O)c1cc2c(cc1C)-c1ccc(C(O)CBr)cc1CO2. The molecule has 2 radical (unpaired) electrons. The van der Waals surface area contributed by atoms with Gasteiger partial charge in [0.05, 0.1) is 14.0 Å². The van der Waals surface area contributed by atoms with Crippen molar-refractivity contribution in [3.63, 3.8) is 0 Å². The zero-order valence-corrected chi connectivity index (χ0v) is 15.3. The average Bonchev–Trinajstić information content (AvgIpc) is 2.59. The number of alkyl halides is 1. The molecule has 1 N–H and O–H groups in total. The molecule has 2 atom stereocenters. The number of ether oxygens (including phenoxy) is 1. The highest BCUT2D eigenvalue weighted by Crippen LogP contribution is 2.40. The first-order valence-corrected chi connectivity index (χ1v) is 8.99. The third-order valence-corrected chi connectivity index (χ3v) is 4.95. The molecule has 122 valence electrons. The van der Waals surface area contributed by atoms with Gasteiger partial charge in [0.1, 0.15) is 12.4 Å². The minimum atomic E-state index is -0.538. The molecule has 0 saturated heterocycles. The second-order valence-electron chi connectivity index (χ2n) is 6.19. The molecule has 0 fully saturated rings. The van der Waals surface area contributed by atoms with Crippen molar-refractivity contribution in [1.82, 2.24) is 0 Å². The molecule has 0 spiro atoms. The van der Waals surface area contributed by atoms with Crippen LogP contribution in [0.25, 0.3) is 11.1 Å². The van der Waals surface area contributed by atoms with Gasteiger partial charge in [0.15, 0.2) is 5.78 Å². The Morgan fingerprint density at radius 1 is 1.33 bits per heavy atom. The number of hydrogen-bond donors (Lipinski definition) is 1. The normalized spacial score (nSPS) is 15.0. The minimum absolute atomic E-state index is 0.0829. The van der Waals surface area contributed by atoms with Crippen LogP contribution in [0.4, 0.5) is 0 Å². The summed E-state index contributed by atoms with van der Waals surface area (Å²) in [5.74, 6) is 0.0808. The fraction of sp³-hybridized carbons (Fsp3) is 0.316. The highest BCUT2D eigenvalue weighted by Gasteiger charge is 2.22. The van der Waals surface area contributed by atoms with Crippen LogP contribution in [0, 0.1) is 6.92 Å². The maximum Gasteiger partial charge on any atom is 0.157 e. The Bertz CT molecular complexity index is 801. The first-order chi connectivity index (χ1) is 11.4. The Hall–Kier alpha value is -1.59. The van der Waals surface area contributed by atoms with Crippen LogP contribution in [0.3, 0.4) is 0 Å². The Morgan fingerprint density at radius 3 is 2.75 bits per heavy atom. The molecule has 0 amide bonds. The summed E-state index contributed by atoms with van der Waals surface area (Å²) >= 11 is 3.29. The van der Waals surface area contributed by atoms with Gasteiger partial charge < -0.3 is 9.84 Å². The first-order valence-electron chi connectivity index (χ1n) is 7.86. The lowest BCUT2D eigenvalue weighted by Gasteiger charge is -2.24. The number of Topliss-reactive ketones (excluding diaryl/α,β-unsaturated/α-hetero) is 1. The largest absolute Gasteiger partial charge is 0.488 e. The zero-order valence-electron chi connectivity index (χ0n) is 13.7. The van der Waals surface area contributed by atoms with E-state index in [2.05, 4.69) is 15.9 Å². The van der Waals surface area contributed by atoms with Crippen molar-refractivity contribution in [1.29, 1.82) is 0 Å². The number of fused-ring (bicyclic) bond motifs is 3. The number of rotatable bonds is 4. The summed E-state index contributed by atoms with van der Waals surface area (Å²) in [5.41, 5.74) is 5.43. The Morgan fingerprint density at radius 2 is 2.08 bits per heavy atom. The van der Waals surface area contributed by atoms with Gasteiger partial charge in [0.2, 0.25) is 0 Å². The monoisotopic (exact) mass is 384 g/mol. The molecule has 1 heterocycles. The second-order valence-corrected chi connectivity index (χ2v) is 6.84. The van der Waals surface area contributed by atoms with Crippen molar-refractivity contribution < 1.29 is 14.6 Å². The number of benzene rings is 2. The third-order valence-electron chi connectivity index (χ3n) is 4.34. The van der Waals surface area contributed by atoms with Gasteiger partial charge in [-0.15, -0.1) is 0 Å². The minimum Gasteiger partial charge on any atom is -0.488 e. The predicted octanol–water partition coefficient (Wildman–Crippen LogP) is 4.14. The molecule has 0 aromatic heterocycles. The molecule has 3 rings (SSSR count). The number of carbonyl (C=O) groups is 1. The summed E-state index contributed by atoms with van der Waals surface area (Å²) in [6, 6.07) is 9.67. The van der Waals surface area contributed by atoms with Gasteiger partial charge in [-0.25, -0.2) is 0 Å². The Labute approximate surface area is 151 Å². The number of hydrogen-bond acceptors (Lipinski definition) is 3. The van der Waals surface area contributed by atoms with E-state index < -0.39 is 11.9 Å². The molecule has 2 unspecified atom stereocenters. The van der Waals surface area contributed by atoms with Gasteiger partial charge >= 0.3 is 0 Å². The van der Waals surface area contributed by atoms with Crippen molar-refractivity contribution in [3.05, 3.63) is 52.6 Å². The van der Waals surface area contributed by atoms with Crippen LogP contribution in [0.5, 0.6) is 5.75 Å². The van der Waals surface area contributed by atoms with E-state index in [-0.39, 0.29) is 5.78 Å². The highest BCUT2D eigenvalue weighted by atomic mass is 79.9. The van der Waals surface area contributed by atoms with Gasteiger partial charge in [-0.1, -0.05) is 35.0 Å². The summed E-state index contributed by atoms with van der Waals surface area (Å²) in [5, 5.41) is 10.5. The van der Waals surface area contributed by atoms with E-state index in [9.17, 15) is 9.90 Å². The van der Waals surface area contributed by atoms with Gasteiger partial charge in [-0.2, -0.15) is 0 Å². The van der Waals surface area contributed by atoms with Crippen molar-refractivity contribution >= 4 is 29.6 Å². The number of halogens is 1. The number of carbonyl (C=O) groups excluding carboxylic acids is 1. The fourth-order valence-electron chi connectivity index (χ4n) is 2.98. The van der Waals surface area contributed by atoms with Crippen molar-refractivity contribution in [2.24, 2.45) is 0 Å². The second kappa shape index (κ2) is 6.73. The molecule has 0 bridgehead atoms. The van der Waals surface area contributed by atoms with Crippen LogP contribution in [0.2, 0.25) is 5.82 Å². The average molecular weight is 385 g/mol. The third kappa shape index (κ3) is 3.03. The molecular formula is C19H18BBrO3. The quantitative estimate of drug-likeness (QED) is 0.489. The van der Waals surface area contributed by atoms with Crippen molar-refractivity contribution in [3.8, 4) is 16.9 Å². The lowest BCUT2D eigenvalue weighted by Crippen LogP contribution is -2.12. The molecule has 24 heavy (non-hydrogen) atoms. The van der Waals surface area contributed by atoms with E-state index in [1.807, 2.05) is 31.2 Å². The topological polar surface area (TPSA) is 46.5 Å². The van der Waals surface area contributed by atoms with E-state index in [0.29, 0.717) is 23.2 Å². The van der Waals surface area contributed by atoms with Crippen molar-refractivity contribution in [2.75, 3.05) is 5.33 Å². The lowest BCUT2D eigenvalue weighted by molar-refractivity contribution is 0.0987. The van der Waals surface area contributed by atoms with Gasteiger partial charge in [0.25, 0.3) is 0 Å². The summed E-state index contributed by atoms with van der Waals surface area (Å²) in [6.45, 7) is 4.02. The maximum absolute atomic E-state index is 12.2. The fourth-order valence-corrected chi connectivity index (χ4v) is 3.35. The smallest absolute Gasteiger partial charge is 0.157 e. The Balaban J connectivity index is 2.06. The standard InChI is InChI=1S/C19H18BBrO3/c1-10-5-16-14-4-3-12(17(22)8-21)6-13(14)9-24-18(16)7-15(10)19(23)11(2)20/h3-7,11,17,22H,8-9H2,1-2H3. The lowest BCUT2D eigenvalue weighted by atomic mass is 9.81. The van der Waals surface area contributed by atoms with E-state index in [0.717, 1.165) is 27.8 Å². The number of aryl methyl sites for hydroxylation is 1. The first kappa shape index (κ1) is 17.2. The van der Waals surface area contributed by atoms with Crippen LogP contribution in [-0.4, -0.2) is 24.1 Å². The molecule has 0 saturated carbocycles. The van der Waals surface area contributed by atoms with E-state index >= 15 is 0 Å². The molecule has 1 aliphatic heterocycles. The number of ketones is 1. The summed E-state index contributed by atoms with van der Waals surface area (Å²) in [6.07, 6.45) is -0.538. The van der Waals surface area contributed by atoms with E-state index in [4.69, 9.17) is 12.6 Å². The maximum atomic E-state index is 12.2.